The summed E-state index contributed by atoms with van der Waals surface area (Å²) in [6.07, 6.45) is 1.58. The third kappa shape index (κ3) is 5.72. The molecule has 0 fully saturated rings. The third-order valence-corrected chi connectivity index (χ3v) is 4.87. The molecule has 1 amide bonds. The number of carbonyl (C=O) groups excluding carboxylic acids is 1. The summed E-state index contributed by atoms with van der Waals surface area (Å²) < 4.78 is 6.97. The van der Waals surface area contributed by atoms with E-state index >= 15 is 0 Å². The van der Waals surface area contributed by atoms with Gasteiger partial charge >= 0.3 is 0 Å². The van der Waals surface area contributed by atoms with Gasteiger partial charge < -0.3 is 10.1 Å². The molecule has 2 rings (SSSR count). The summed E-state index contributed by atoms with van der Waals surface area (Å²) >= 11 is 7.29. The standard InChI is InChI=1S/C18H24ClN3O3S/c1-3-8-20-16(23)12-26-18-21-15-11-13(19)6-7-14(15)17(24)22(18)9-5-10-25-4-2/h6-7,11H,3-5,8-10,12H2,1-2H3,(H,20,23). The molecule has 26 heavy (non-hydrogen) atoms. The van der Waals surface area contributed by atoms with Crippen molar-refractivity contribution in [3.63, 3.8) is 0 Å². The summed E-state index contributed by atoms with van der Waals surface area (Å²) in [4.78, 5) is 29.3. The van der Waals surface area contributed by atoms with Crippen LogP contribution in [0.1, 0.15) is 26.7 Å². The van der Waals surface area contributed by atoms with Crippen LogP contribution in [0.5, 0.6) is 0 Å². The first-order chi connectivity index (χ1) is 12.6. The molecule has 0 unspecified atom stereocenters. The molecule has 1 N–H and O–H groups in total. The van der Waals surface area contributed by atoms with Crippen LogP contribution in [-0.2, 0) is 16.1 Å². The smallest absolute Gasteiger partial charge is 0.262 e. The number of nitrogens with one attached hydrogen (secondary N) is 1. The van der Waals surface area contributed by atoms with Crippen LogP contribution in [0.4, 0.5) is 0 Å². The molecule has 0 atom stereocenters. The zero-order chi connectivity index (χ0) is 18.9. The normalized spacial score (nSPS) is 11.0. The van der Waals surface area contributed by atoms with E-state index < -0.39 is 0 Å². The molecule has 1 aromatic heterocycles. The molecule has 1 aromatic carbocycles. The van der Waals surface area contributed by atoms with Gasteiger partial charge in [-0.05, 0) is 38.0 Å². The van der Waals surface area contributed by atoms with E-state index in [0.717, 1.165) is 6.42 Å². The lowest BCUT2D eigenvalue weighted by atomic mass is 10.2. The minimum Gasteiger partial charge on any atom is -0.382 e. The highest BCUT2D eigenvalue weighted by Gasteiger charge is 2.13. The van der Waals surface area contributed by atoms with Gasteiger partial charge in [-0.15, -0.1) is 0 Å². The van der Waals surface area contributed by atoms with E-state index in [0.29, 0.717) is 53.8 Å². The van der Waals surface area contributed by atoms with E-state index in [1.807, 2.05) is 13.8 Å². The van der Waals surface area contributed by atoms with Gasteiger partial charge in [0, 0.05) is 31.3 Å². The van der Waals surface area contributed by atoms with Gasteiger partial charge in [-0.2, -0.15) is 0 Å². The molecule has 0 saturated carbocycles. The maximum absolute atomic E-state index is 12.9. The third-order valence-electron chi connectivity index (χ3n) is 3.66. The van der Waals surface area contributed by atoms with Gasteiger partial charge in [-0.3, -0.25) is 14.2 Å². The quantitative estimate of drug-likeness (QED) is 0.379. The topological polar surface area (TPSA) is 73.2 Å². The fourth-order valence-corrected chi connectivity index (χ4v) is 3.42. The van der Waals surface area contributed by atoms with Crippen molar-refractivity contribution in [2.45, 2.75) is 38.4 Å². The van der Waals surface area contributed by atoms with Crippen LogP contribution in [0.15, 0.2) is 28.2 Å². The molecule has 8 heteroatoms. The van der Waals surface area contributed by atoms with Gasteiger partial charge in [0.1, 0.15) is 0 Å². The lowest BCUT2D eigenvalue weighted by molar-refractivity contribution is -0.118. The van der Waals surface area contributed by atoms with Crippen LogP contribution in [0.3, 0.4) is 0 Å². The van der Waals surface area contributed by atoms with Crippen molar-refractivity contribution in [2.75, 3.05) is 25.5 Å². The summed E-state index contributed by atoms with van der Waals surface area (Å²) in [6.45, 7) is 6.28. The fraction of sp³-hybridized carbons (Fsp3) is 0.500. The molecule has 0 aliphatic carbocycles. The molecule has 0 aliphatic rings. The Labute approximate surface area is 162 Å². The average molecular weight is 398 g/mol. The van der Waals surface area contributed by atoms with Crippen LogP contribution in [0.2, 0.25) is 5.02 Å². The molecule has 1 heterocycles. The first-order valence-corrected chi connectivity index (χ1v) is 10.1. The number of rotatable bonds is 10. The lowest BCUT2D eigenvalue weighted by Crippen LogP contribution is -2.27. The van der Waals surface area contributed by atoms with Crippen molar-refractivity contribution in [3.8, 4) is 0 Å². The van der Waals surface area contributed by atoms with Crippen LogP contribution < -0.4 is 10.9 Å². The first kappa shape index (κ1) is 20.7. The maximum Gasteiger partial charge on any atom is 0.262 e. The maximum atomic E-state index is 12.9. The fourth-order valence-electron chi connectivity index (χ4n) is 2.40. The number of hydrogen-bond donors (Lipinski definition) is 1. The van der Waals surface area contributed by atoms with Crippen molar-refractivity contribution in [2.24, 2.45) is 0 Å². The van der Waals surface area contributed by atoms with Crippen molar-refractivity contribution < 1.29 is 9.53 Å². The van der Waals surface area contributed by atoms with Gasteiger partial charge in [-0.1, -0.05) is 30.3 Å². The number of aromatic nitrogens is 2. The second-order valence-corrected chi connectivity index (χ2v) is 7.08. The van der Waals surface area contributed by atoms with E-state index in [-0.39, 0.29) is 17.2 Å². The number of ether oxygens (including phenoxy) is 1. The van der Waals surface area contributed by atoms with Crippen LogP contribution >= 0.6 is 23.4 Å². The van der Waals surface area contributed by atoms with E-state index in [2.05, 4.69) is 10.3 Å². The van der Waals surface area contributed by atoms with Crippen molar-refractivity contribution in [1.82, 2.24) is 14.9 Å². The second kappa shape index (κ2) is 10.5. The highest BCUT2D eigenvalue weighted by atomic mass is 35.5. The van der Waals surface area contributed by atoms with E-state index in [9.17, 15) is 9.59 Å². The number of nitrogens with zero attached hydrogens (tertiary/aromatic N) is 2. The second-order valence-electron chi connectivity index (χ2n) is 5.70. The Morgan fingerprint density at radius 1 is 1.38 bits per heavy atom. The molecule has 0 saturated heterocycles. The number of amides is 1. The Morgan fingerprint density at radius 3 is 2.92 bits per heavy atom. The molecular weight excluding hydrogens is 374 g/mol. The number of hydrogen-bond acceptors (Lipinski definition) is 5. The number of halogens is 1. The molecule has 0 spiro atoms. The minimum absolute atomic E-state index is 0.0712. The lowest BCUT2D eigenvalue weighted by Gasteiger charge is -2.13. The zero-order valence-corrected chi connectivity index (χ0v) is 16.7. The predicted octanol–water partition coefficient (Wildman–Crippen LogP) is 3.09. The largest absolute Gasteiger partial charge is 0.382 e. The highest BCUT2D eigenvalue weighted by molar-refractivity contribution is 7.99. The molecule has 6 nitrogen and oxygen atoms in total. The van der Waals surface area contributed by atoms with Gasteiger partial charge in [0.2, 0.25) is 5.91 Å². The van der Waals surface area contributed by atoms with Crippen molar-refractivity contribution >= 4 is 40.2 Å². The van der Waals surface area contributed by atoms with Gasteiger partial charge in [-0.25, -0.2) is 4.98 Å². The minimum atomic E-state index is -0.125. The van der Waals surface area contributed by atoms with Gasteiger partial charge in [0.05, 0.1) is 16.7 Å². The number of carbonyl (C=O) groups is 1. The Bertz CT molecular complexity index is 810. The summed E-state index contributed by atoms with van der Waals surface area (Å²) in [5.41, 5.74) is 0.416. The Balaban J connectivity index is 2.27. The number of benzene rings is 1. The average Bonchev–Trinajstić information content (AvgIpc) is 2.63. The van der Waals surface area contributed by atoms with Crippen LogP contribution in [0, 0.1) is 0 Å². The first-order valence-electron chi connectivity index (χ1n) is 8.74. The SMILES string of the molecule is CCCNC(=O)CSc1nc2cc(Cl)ccc2c(=O)n1CCCOCC. The Kier molecular flexibility index (Phi) is 8.41. The molecule has 0 bridgehead atoms. The molecule has 0 radical (unpaired) electrons. The highest BCUT2D eigenvalue weighted by Crippen LogP contribution is 2.20. The van der Waals surface area contributed by atoms with Crippen molar-refractivity contribution in [3.05, 3.63) is 33.6 Å². The van der Waals surface area contributed by atoms with Crippen LogP contribution in [0.25, 0.3) is 10.9 Å². The predicted molar refractivity (Wildman–Crippen MR) is 106 cm³/mol. The van der Waals surface area contributed by atoms with E-state index in [1.54, 1.807) is 22.8 Å². The zero-order valence-electron chi connectivity index (χ0n) is 15.1. The molecule has 0 aliphatic heterocycles. The van der Waals surface area contributed by atoms with E-state index in [4.69, 9.17) is 16.3 Å². The van der Waals surface area contributed by atoms with E-state index in [1.165, 1.54) is 11.8 Å². The Hall–Kier alpha value is -1.57. The summed E-state index contributed by atoms with van der Waals surface area (Å²) in [5.74, 6) is 0.141. The van der Waals surface area contributed by atoms with Gasteiger partial charge in [0.25, 0.3) is 5.56 Å². The molecule has 142 valence electrons. The number of fused-ring (bicyclic) bond motifs is 1. The summed E-state index contributed by atoms with van der Waals surface area (Å²) in [6, 6.07) is 5.04. The summed E-state index contributed by atoms with van der Waals surface area (Å²) in [5, 5.41) is 4.39. The molecule has 2 aromatic rings. The molecular formula is C18H24ClN3O3S. The monoisotopic (exact) mass is 397 g/mol. The number of thioether (sulfide) groups is 1. The van der Waals surface area contributed by atoms with Crippen molar-refractivity contribution in [1.29, 1.82) is 0 Å². The van der Waals surface area contributed by atoms with Gasteiger partial charge in [0.15, 0.2) is 5.16 Å². The summed E-state index contributed by atoms with van der Waals surface area (Å²) in [7, 11) is 0. The Morgan fingerprint density at radius 2 is 2.19 bits per heavy atom. The van der Waals surface area contributed by atoms with Crippen LogP contribution in [-0.4, -0.2) is 41.0 Å².